The van der Waals surface area contributed by atoms with Gasteiger partial charge in [0.1, 0.15) is 42.9 Å². The average molecular weight is 483 g/mol. The lowest BCUT2D eigenvalue weighted by Gasteiger charge is -2.28. The van der Waals surface area contributed by atoms with Crippen LogP contribution < -0.4 is 4.74 Å². The van der Waals surface area contributed by atoms with Gasteiger partial charge in [0.2, 0.25) is 0 Å². The monoisotopic (exact) mass is 482 g/mol. The van der Waals surface area contributed by atoms with Gasteiger partial charge < -0.3 is 40.1 Å². The third-order valence-corrected chi connectivity index (χ3v) is 5.93. The third kappa shape index (κ3) is 7.37. The first kappa shape index (κ1) is 25.9. The topological polar surface area (TPSA) is 140 Å². The second kappa shape index (κ2) is 12.1. The highest BCUT2D eigenvalue weighted by Gasteiger charge is 2.34. The molecule has 182 valence electrons. The maximum Gasteiger partial charge on any atom is 0.119 e. The number of hydrogen-bond acceptors (Lipinski definition) is 8. The van der Waals surface area contributed by atoms with Crippen molar-refractivity contribution < 1.29 is 40.1 Å². The van der Waals surface area contributed by atoms with Crippen molar-refractivity contribution in [3.8, 4) is 5.75 Å². The molecule has 0 heterocycles. The summed E-state index contributed by atoms with van der Waals surface area (Å²) in [7, 11) is 0. The highest BCUT2D eigenvalue weighted by Crippen LogP contribution is 2.28. The van der Waals surface area contributed by atoms with Crippen LogP contribution in [0.1, 0.15) is 35.6 Å². The van der Waals surface area contributed by atoms with Crippen molar-refractivity contribution in [1.82, 2.24) is 0 Å². The fourth-order valence-electron chi connectivity index (χ4n) is 3.37. The van der Waals surface area contributed by atoms with Gasteiger partial charge in [-0.2, -0.15) is 0 Å². The molecule has 0 bridgehead atoms. The molecule has 33 heavy (non-hydrogen) atoms. The van der Waals surface area contributed by atoms with E-state index in [0.717, 1.165) is 24.2 Å². The Kier molecular flexibility index (Phi) is 9.48. The summed E-state index contributed by atoms with van der Waals surface area (Å²) in [4.78, 5) is 0. The number of rotatable bonds is 13. The van der Waals surface area contributed by atoms with Crippen LogP contribution in [0.4, 0.5) is 0 Å². The van der Waals surface area contributed by atoms with E-state index in [1.165, 1.54) is 6.07 Å². The molecule has 0 spiro atoms. The molecule has 1 aliphatic carbocycles. The molecule has 9 heteroatoms. The van der Waals surface area contributed by atoms with Crippen LogP contribution in [0.2, 0.25) is 5.02 Å². The van der Waals surface area contributed by atoms with E-state index in [-0.39, 0.29) is 5.56 Å². The minimum atomic E-state index is -1.87. The molecule has 1 aliphatic rings. The second-order valence-electron chi connectivity index (χ2n) is 8.26. The number of benzene rings is 2. The molecule has 0 saturated heterocycles. The molecule has 2 unspecified atom stereocenters. The quantitative estimate of drug-likeness (QED) is 0.232. The fraction of sp³-hybridized carbons (Fsp3) is 0.500. The van der Waals surface area contributed by atoms with Crippen molar-refractivity contribution in [3.05, 3.63) is 64.2 Å². The summed E-state index contributed by atoms with van der Waals surface area (Å²) in [5.74, 6) is 0.731. The van der Waals surface area contributed by atoms with Crippen LogP contribution in [-0.2, 0) is 11.2 Å². The minimum Gasteiger partial charge on any atom is -0.491 e. The van der Waals surface area contributed by atoms with Gasteiger partial charge in [-0.05, 0) is 54.2 Å². The molecule has 2 aromatic carbocycles. The van der Waals surface area contributed by atoms with Gasteiger partial charge in [0.15, 0.2) is 0 Å². The zero-order chi connectivity index (χ0) is 24.0. The van der Waals surface area contributed by atoms with Crippen molar-refractivity contribution in [1.29, 1.82) is 0 Å². The predicted molar refractivity (Wildman–Crippen MR) is 121 cm³/mol. The molecule has 2 aromatic rings. The van der Waals surface area contributed by atoms with Crippen LogP contribution in [0.3, 0.4) is 0 Å². The number of hydrogen-bond donors (Lipinski definition) is 6. The fourth-order valence-corrected chi connectivity index (χ4v) is 3.55. The average Bonchev–Trinajstić information content (AvgIpc) is 3.66. The van der Waals surface area contributed by atoms with Crippen molar-refractivity contribution in [2.24, 2.45) is 0 Å². The predicted octanol–water partition coefficient (Wildman–Crippen LogP) is 0.958. The number of aliphatic hydroxyl groups is 6. The maximum atomic E-state index is 10.5. The molecule has 3 rings (SSSR count). The smallest absolute Gasteiger partial charge is 0.119 e. The van der Waals surface area contributed by atoms with Crippen LogP contribution >= 0.6 is 11.6 Å². The summed E-state index contributed by atoms with van der Waals surface area (Å²) in [6, 6.07) is 12.2. The Morgan fingerprint density at radius 3 is 2.21 bits per heavy atom. The Morgan fingerprint density at radius 1 is 0.879 bits per heavy atom. The normalized spacial score (nSPS) is 18.4. The summed E-state index contributed by atoms with van der Waals surface area (Å²) in [6.45, 7) is 0.248. The zero-order valence-corrected chi connectivity index (χ0v) is 18.9. The van der Waals surface area contributed by atoms with Crippen molar-refractivity contribution in [3.63, 3.8) is 0 Å². The number of ether oxygens (including phenoxy) is 2. The zero-order valence-electron chi connectivity index (χ0n) is 18.1. The lowest BCUT2D eigenvalue weighted by Crippen LogP contribution is -2.47. The first-order valence-electron chi connectivity index (χ1n) is 10.9. The third-order valence-electron chi connectivity index (χ3n) is 5.56. The molecule has 5 atom stereocenters. The number of halogens is 1. The molecule has 0 aromatic heterocycles. The first-order valence-corrected chi connectivity index (χ1v) is 11.3. The van der Waals surface area contributed by atoms with E-state index in [2.05, 4.69) is 0 Å². The Balaban J connectivity index is 1.60. The molecule has 6 N–H and O–H groups in total. The molecule has 0 aliphatic heterocycles. The molecular weight excluding hydrogens is 452 g/mol. The first-order chi connectivity index (χ1) is 15.8. The van der Waals surface area contributed by atoms with Gasteiger partial charge in [0.25, 0.3) is 0 Å². The standard InChI is InChI=1S/C24H31ClO8/c25-19-8-3-15(21(28)23(30)24(31)22(29)20(27)13-26)12-16(19)11-14-1-4-17(5-2-14)32-9-10-33-18-6-7-18/h1-5,8,12,18,20-24,26-31H,6-7,9-11,13H2/t20?,21?,22-,23-,24-/m0/s1. The largest absolute Gasteiger partial charge is 0.491 e. The molecule has 1 fully saturated rings. The van der Waals surface area contributed by atoms with Crippen LogP contribution in [0.15, 0.2) is 42.5 Å². The second-order valence-corrected chi connectivity index (χ2v) is 8.66. The maximum absolute atomic E-state index is 10.5. The molecule has 0 radical (unpaired) electrons. The van der Waals surface area contributed by atoms with Crippen molar-refractivity contribution >= 4 is 11.6 Å². The van der Waals surface area contributed by atoms with Gasteiger partial charge >= 0.3 is 0 Å². The lowest BCUT2D eigenvalue weighted by molar-refractivity contribution is -0.141. The summed E-state index contributed by atoms with van der Waals surface area (Å²) >= 11 is 6.32. The molecule has 0 amide bonds. The van der Waals surface area contributed by atoms with Gasteiger partial charge in [-0.3, -0.25) is 0 Å². The Hall–Kier alpha value is -1.75. The summed E-state index contributed by atoms with van der Waals surface area (Å²) in [6.07, 6.45) is -5.59. The highest BCUT2D eigenvalue weighted by atomic mass is 35.5. The molecular formula is C24H31ClO8. The van der Waals surface area contributed by atoms with E-state index in [0.29, 0.717) is 36.3 Å². The van der Waals surface area contributed by atoms with Crippen molar-refractivity contribution in [2.75, 3.05) is 19.8 Å². The van der Waals surface area contributed by atoms with Gasteiger partial charge in [-0.25, -0.2) is 0 Å². The van der Waals surface area contributed by atoms with Crippen LogP contribution in [0.25, 0.3) is 0 Å². The van der Waals surface area contributed by atoms with Gasteiger partial charge in [-0.15, -0.1) is 0 Å². The van der Waals surface area contributed by atoms with E-state index in [1.54, 1.807) is 12.1 Å². The van der Waals surface area contributed by atoms with Gasteiger partial charge in [-0.1, -0.05) is 35.9 Å². The van der Waals surface area contributed by atoms with Crippen LogP contribution in [0.5, 0.6) is 5.75 Å². The van der Waals surface area contributed by atoms with Gasteiger partial charge in [0, 0.05) is 5.02 Å². The summed E-state index contributed by atoms with van der Waals surface area (Å²) in [5, 5.41) is 59.4. The van der Waals surface area contributed by atoms with E-state index >= 15 is 0 Å². The summed E-state index contributed by atoms with van der Waals surface area (Å²) in [5.41, 5.74) is 1.92. The van der Waals surface area contributed by atoms with Crippen LogP contribution in [0, 0.1) is 0 Å². The Labute approximate surface area is 197 Å². The van der Waals surface area contributed by atoms with Crippen LogP contribution in [-0.4, -0.2) is 81.0 Å². The summed E-state index contributed by atoms with van der Waals surface area (Å²) < 4.78 is 11.2. The molecule has 8 nitrogen and oxygen atoms in total. The number of aliphatic hydroxyl groups excluding tert-OH is 6. The van der Waals surface area contributed by atoms with E-state index < -0.39 is 37.1 Å². The Morgan fingerprint density at radius 2 is 1.58 bits per heavy atom. The lowest BCUT2D eigenvalue weighted by atomic mass is 9.93. The SMILES string of the molecule is OCC(O)[C@H](O)[C@H](O)[C@@H](O)C(O)c1ccc(Cl)c(Cc2ccc(OCCOC3CC3)cc2)c1. The molecule has 1 saturated carbocycles. The minimum absolute atomic E-state index is 0.280. The van der Waals surface area contributed by atoms with E-state index in [9.17, 15) is 25.5 Å². The van der Waals surface area contributed by atoms with E-state index in [4.69, 9.17) is 26.2 Å². The highest BCUT2D eigenvalue weighted by molar-refractivity contribution is 6.31. The Bertz CT molecular complexity index is 873. The van der Waals surface area contributed by atoms with E-state index in [1.807, 2.05) is 24.3 Å². The van der Waals surface area contributed by atoms with Crippen molar-refractivity contribution in [2.45, 2.75) is 55.9 Å². The van der Waals surface area contributed by atoms with Gasteiger partial charge in [0.05, 0.1) is 19.3 Å².